The molecule has 0 aromatic carbocycles. The minimum Gasteiger partial charge on any atom is -0.339 e. The zero-order valence-electron chi connectivity index (χ0n) is 12.6. The maximum Gasteiger partial charge on any atom is 0.320 e. The molecule has 0 bridgehead atoms. The Morgan fingerprint density at radius 1 is 1.14 bits per heavy atom. The maximum absolute atomic E-state index is 12.6. The van der Waals surface area contributed by atoms with Crippen LogP contribution in [-0.4, -0.2) is 85.3 Å². The van der Waals surface area contributed by atoms with Crippen molar-refractivity contribution in [1.29, 1.82) is 0 Å². The van der Waals surface area contributed by atoms with E-state index in [0.717, 1.165) is 0 Å². The van der Waals surface area contributed by atoms with E-state index in [1.54, 1.807) is 14.7 Å². The quantitative estimate of drug-likeness (QED) is 0.705. The third kappa shape index (κ3) is 3.66. The van der Waals surface area contributed by atoms with E-state index in [2.05, 4.69) is 0 Å². The number of hydrogen-bond acceptors (Lipinski definition) is 4. The molecule has 0 aromatic rings. The second-order valence-corrected chi connectivity index (χ2v) is 7.85. The lowest BCUT2D eigenvalue weighted by molar-refractivity contribution is -0.130. The molecule has 0 N–H and O–H groups in total. The molecule has 0 aliphatic carbocycles. The van der Waals surface area contributed by atoms with Gasteiger partial charge in [0.15, 0.2) is 9.84 Å². The Bertz CT molecular complexity index is 512. The summed E-state index contributed by atoms with van der Waals surface area (Å²) >= 11 is 0. The normalized spacial score (nSPS) is 25.0. The Labute approximate surface area is 125 Å². The number of nitrogens with zero attached hydrogens (tertiary/aromatic N) is 3. The molecule has 2 saturated heterocycles. The Hall–Kier alpha value is -1.31. The summed E-state index contributed by atoms with van der Waals surface area (Å²) in [6.07, 6.45) is 0.523. The van der Waals surface area contributed by atoms with Crippen LogP contribution in [0.25, 0.3) is 0 Å². The number of amides is 3. The monoisotopic (exact) mass is 317 g/mol. The molecule has 0 saturated carbocycles. The third-order valence-corrected chi connectivity index (χ3v) is 5.98. The Morgan fingerprint density at radius 2 is 1.71 bits per heavy atom. The van der Waals surface area contributed by atoms with Crippen LogP contribution in [0.15, 0.2) is 0 Å². The van der Waals surface area contributed by atoms with Gasteiger partial charge in [-0.3, -0.25) is 4.79 Å². The second kappa shape index (κ2) is 6.21. The van der Waals surface area contributed by atoms with E-state index in [9.17, 15) is 18.0 Å². The molecule has 0 radical (unpaired) electrons. The minimum atomic E-state index is -3.00. The van der Waals surface area contributed by atoms with Crippen molar-refractivity contribution in [3.63, 3.8) is 0 Å². The number of piperazine rings is 1. The van der Waals surface area contributed by atoms with Gasteiger partial charge in [0.05, 0.1) is 11.5 Å². The molecule has 8 heteroatoms. The van der Waals surface area contributed by atoms with E-state index in [1.165, 1.54) is 6.92 Å². The first-order chi connectivity index (χ1) is 9.84. The van der Waals surface area contributed by atoms with Gasteiger partial charge in [0.25, 0.3) is 0 Å². The van der Waals surface area contributed by atoms with Crippen molar-refractivity contribution in [2.75, 3.05) is 44.2 Å². The molecule has 0 spiro atoms. The average Bonchev–Trinajstić information content (AvgIpc) is 2.79. The first kappa shape index (κ1) is 16.1. The Morgan fingerprint density at radius 3 is 2.14 bits per heavy atom. The van der Waals surface area contributed by atoms with Crippen LogP contribution in [0.1, 0.15) is 20.3 Å². The molecule has 2 rings (SSSR count). The van der Waals surface area contributed by atoms with Crippen molar-refractivity contribution in [2.45, 2.75) is 26.3 Å². The molecular weight excluding hydrogens is 294 g/mol. The molecule has 2 fully saturated rings. The van der Waals surface area contributed by atoms with Crippen molar-refractivity contribution in [3.05, 3.63) is 0 Å². The van der Waals surface area contributed by atoms with Gasteiger partial charge in [0.1, 0.15) is 0 Å². The topological polar surface area (TPSA) is 78.0 Å². The molecule has 1 unspecified atom stereocenters. The smallest absolute Gasteiger partial charge is 0.320 e. The molecule has 0 aromatic heterocycles. The molecule has 2 heterocycles. The summed E-state index contributed by atoms with van der Waals surface area (Å²) < 4.78 is 23.2. The van der Waals surface area contributed by atoms with Crippen molar-refractivity contribution in [1.82, 2.24) is 14.7 Å². The van der Waals surface area contributed by atoms with E-state index in [-0.39, 0.29) is 29.5 Å². The predicted molar refractivity (Wildman–Crippen MR) is 78.7 cm³/mol. The summed E-state index contributed by atoms with van der Waals surface area (Å²) in [5.41, 5.74) is 0. The molecule has 3 amide bonds. The lowest BCUT2D eigenvalue weighted by Gasteiger charge is -2.38. The number of carbonyl (C=O) groups excluding carboxylic acids is 2. The summed E-state index contributed by atoms with van der Waals surface area (Å²) in [4.78, 5) is 28.9. The van der Waals surface area contributed by atoms with Crippen LogP contribution < -0.4 is 0 Å². The number of urea groups is 1. The summed E-state index contributed by atoms with van der Waals surface area (Å²) in [5.74, 6) is 0.260. The van der Waals surface area contributed by atoms with Crippen LogP contribution in [0.5, 0.6) is 0 Å². The molecule has 2 aliphatic rings. The maximum atomic E-state index is 12.6. The van der Waals surface area contributed by atoms with Crippen LogP contribution in [-0.2, 0) is 14.6 Å². The summed E-state index contributed by atoms with van der Waals surface area (Å²) in [7, 11) is -3.00. The van der Waals surface area contributed by atoms with E-state index in [0.29, 0.717) is 39.1 Å². The fraction of sp³-hybridized carbons (Fsp3) is 0.846. The highest BCUT2D eigenvalue weighted by molar-refractivity contribution is 7.91. The van der Waals surface area contributed by atoms with Gasteiger partial charge in [-0.2, -0.15) is 0 Å². The number of carbonyl (C=O) groups is 2. The molecular formula is C13H23N3O4S. The van der Waals surface area contributed by atoms with E-state index >= 15 is 0 Å². The fourth-order valence-corrected chi connectivity index (χ4v) is 4.70. The van der Waals surface area contributed by atoms with Gasteiger partial charge >= 0.3 is 6.03 Å². The zero-order valence-corrected chi connectivity index (χ0v) is 13.4. The van der Waals surface area contributed by atoms with Gasteiger partial charge in [0.2, 0.25) is 5.91 Å². The lowest BCUT2D eigenvalue weighted by atomic mass is 10.2. The number of hydrogen-bond donors (Lipinski definition) is 0. The summed E-state index contributed by atoms with van der Waals surface area (Å²) in [6, 6.07) is -0.318. The van der Waals surface area contributed by atoms with Crippen molar-refractivity contribution >= 4 is 21.8 Å². The van der Waals surface area contributed by atoms with Crippen LogP contribution in [0.4, 0.5) is 4.79 Å². The fourth-order valence-electron chi connectivity index (χ4n) is 2.97. The third-order valence-electron chi connectivity index (χ3n) is 4.23. The molecule has 21 heavy (non-hydrogen) atoms. The van der Waals surface area contributed by atoms with Gasteiger partial charge in [-0.15, -0.1) is 0 Å². The van der Waals surface area contributed by atoms with Crippen LogP contribution in [0.3, 0.4) is 0 Å². The van der Waals surface area contributed by atoms with Gasteiger partial charge in [-0.05, 0) is 13.3 Å². The van der Waals surface area contributed by atoms with Crippen LogP contribution >= 0.6 is 0 Å². The molecule has 1 atom stereocenters. The molecule has 7 nitrogen and oxygen atoms in total. The Balaban J connectivity index is 1.97. The van der Waals surface area contributed by atoms with E-state index in [1.807, 2.05) is 6.92 Å². The first-order valence-corrected chi connectivity index (χ1v) is 9.17. The number of rotatable bonds is 2. The highest BCUT2D eigenvalue weighted by Gasteiger charge is 2.36. The van der Waals surface area contributed by atoms with Gasteiger partial charge in [0, 0.05) is 45.7 Å². The summed E-state index contributed by atoms with van der Waals surface area (Å²) in [6.45, 7) is 6.01. The largest absolute Gasteiger partial charge is 0.339 e. The highest BCUT2D eigenvalue weighted by Crippen LogP contribution is 2.19. The standard InChI is InChI=1S/C13H23N3O4S/c1-3-16(12-4-9-21(19,20)10-12)13(18)15-7-5-14(6-8-15)11(2)17/h12H,3-10H2,1-2H3. The SMILES string of the molecule is CCN(C(=O)N1CCN(C(C)=O)CC1)C1CCS(=O)(=O)C1. The highest BCUT2D eigenvalue weighted by atomic mass is 32.2. The molecule has 120 valence electrons. The zero-order chi connectivity index (χ0) is 15.6. The average molecular weight is 317 g/mol. The van der Waals surface area contributed by atoms with Crippen molar-refractivity contribution in [3.8, 4) is 0 Å². The van der Waals surface area contributed by atoms with Crippen LogP contribution in [0, 0.1) is 0 Å². The first-order valence-electron chi connectivity index (χ1n) is 7.35. The Kier molecular flexibility index (Phi) is 4.75. The predicted octanol–water partition coefficient (Wildman–Crippen LogP) is -0.220. The second-order valence-electron chi connectivity index (χ2n) is 5.62. The van der Waals surface area contributed by atoms with Crippen molar-refractivity contribution < 1.29 is 18.0 Å². The van der Waals surface area contributed by atoms with Gasteiger partial charge in [-0.1, -0.05) is 0 Å². The lowest BCUT2D eigenvalue weighted by Crippen LogP contribution is -2.55. The van der Waals surface area contributed by atoms with E-state index < -0.39 is 9.84 Å². The summed E-state index contributed by atoms with van der Waals surface area (Å²) in [5, 5.41) is 0. The molecule has 2 aliphatic heterocycles. The minimum absolute atomic E-state index is 0.0244. The van der Waals surface area contributed by atoms with Crippen LogP contribution in [0.2, 0.25) is 0 Å². The van der Waals surface area contributed by atoms with Gasteiger partial charge < -0.3 is 14.7 Å². The van der Waals surface area contributed by atoms with Gasteiger partial charge in [-0.25, -0.2) is 13.2 Å². The van der Waals surface area contributed by atoms with E-state index in [4.69, 9.17) is 0 Å². The van der Waals surface area contributed by atoms with Crippen molar-refractivity contribution in [2.24, 2.45) is 0 Å². The number of sulfone groups is 1.